The number of fused-ring (bicyclic) bond motifs is 2. The molecular formula is C22H19ClN4O. The Bertz CT molecular complexity index is 1160. The Balaban J connectivity index is 1.38. The number of pyridine rings is 1. The Morgan fingerprint density at radius 3 is 2.96 bits per heavy atom. The molecule has 1 aliphatic heterocycles. The third-order valence-corrected chi connectivity index (χ3v) is 5.47. The quantitative estimate of drug-likeness (QED) is 0.470. The van der Waals surface area contributed by atoms with Crippen LogP contribution < -0.4 is 0 Å². The second-order valence-electron chi connectivity index (χ2n) is 7.24. The first-order valence-electron chi connectivity index (χ1n) is 9.32. The molecule has 3 aromatic heterocycles. The lowest BCUT2D eigenvalue weighted by Crippen LogP contribution is -2.31. The van der Waals surface area contributed by atoms with Crippen molar-refractivity contribution >= 4 is 22.5 Å². The molecule has 0 fully saturated rings. The van der Waals surface area contributed by atoms with Crippen LogP contribution in [0.5, 0.6) is 0 Å². The average Bonchev–Trinajstić information content (AvgIpc) is 3.23. The molecule has 0 radical (unpaired) electrons. The van der Waals surface area contributed by atoms with Gasteiger partial charge in [0.2, 0.25) is 0 Å². The van der Waals surface area contributed by atoms with Gasteiger partial charge >= 0.3 is 0 Å². The summed E-state index contributed by atoms with van der Waals surface area (Å²) in [6, 6.07) is 12.1. The van der Waals surface area contributed by atoms with Crippen molar-refractivity contribution in [2.45, 2.75) is 26.4 Å². The van der Waals surface area contributed by atoms with Crippen LogP contribution in [-0.4, -0.2) is 26.4 Å². The van der Waals surface area contributed by atoms with Gasteiger partial charge in [-0.1, -0.05) is 23.2 Å². The summed E-state index contributed by atoms with van der Waals surface area (Å²) in [6.07, 6.45) is 4.43. The molecule has 140 valence electrons. The summed E-state index contributed by atoms with van der Waals surface area (Å²) in [5.41, 5.74) is 5.45. The van der Waals surface area contributed by atoms with E-state index in [-0.39, 0.29) is 0 Å². The minimum absolute atomic E-state index is 0.576. The zero-order chi connectivity index (χ0) is 19.1. The number of benzene rings is 1. The average molecular weight is 391 g/mol. The molecule has 4 heterocycles. The van der Waals surface area contributed by atoms with Crippen molar-refractivity contribution in [1.29, 1.82) is 0 Å². The Hall–Kier alpha value is -2.76. The number of nitrogens with zero attached hydrogens (tertiary/aromatic N) is 4. The fraction of sp³-hybridized carbons (Fsp3) is 0.227. The second-order valence-corrected chi connectivity index (χ2v) is 7.60. The lowest BCUT2D eigenvalue weighted by Gasteiger charge is -2.28. The highest BCUT2D eigenvalue weighted by molar-refractivity contribution is 6.30. The molecule has 28 heavy (non-hydrogen) atoms. The monoisotopic (exact) mass is 390 g/mol. The van der Waals surface area contributed by atoms with E-state index in [1.165, 1.54) is 5.56 Å². The van der Waals surface area contributed by atoms with Crippen molar-refractivity contribution < 1.29 is 4.42 Å². The van der Waals surface area contributed by atoms with E-state index in [2.05, 4.69) is 40.0 Å². The summed E-state index contributed by atoms with van der Waals surface area (Å²) >= 11 is 6.47. The van der Waals surface area contributed by atoms with Gasteiger partial charge in [0.05, 0.1) is 17.5 Å². The Morgan fingerprint density at radius 2 is 2.11 bits per heavy atom. The van der Waals surface area contributed by atoms with Crippen molar-refractivity contribution in [3.63, 3.8) is 0 Å². The molecule has 0 unspecified atom stereocenters. The van der Waals surface area contributed by atoms with Gasteiger partial charge < -0.3 is 4.42 Å². The van der Waals surface area contributed by atoms with Gasteiger partial charge in [-0.15, -0.1) is 0 Å². The van der Waals surface area contributed by atoms with Crippen LogP contribution in [0.15, 0.2) is 53.3 Å². The summed E-state index contributed by atoms with van der Waals surface area (Å²) in [5.74, 6) is 1.35. The molecule has 6 heteroatoms. The van der Waals surface area contributed by atoms with Crippen molar-refractivity contribution in [1.82, 2.24) is 19.9 Å². The van der Waals surface area contributed by atoms with Gasteiger partial charge in [0, 0.05) is 48.8 Å². The van der Waals surface area contributed by atoms with E-state index in [1.807, 2.05) is 24.4 Å². The fourth-order valence-corrected chi connectivity index (χ4v) is 3.91. The van der Waals surface area contributed by atoms with Crippen molar-refractivity contribution in [2.75, 3.05) is 6.54 Å². The third-order valence-electron chi connectivity index (χ3n) is 5.14. The molecule has 0 spiro atoms. The molecular weight excluding hydrogens is 372 g/mol. The molecule has 5 rings (SSSR count). The van der Waals surface area contributed by atoms with Gasteiger partial charge in [-0.25, -0.2) is 15.0 Å². The fourth-order valence-electron chi connectivity index (χ4n) is 3.70. The van der Waals surface area contributed by atoms with Crippen molar-refractivity contribution in [2.24, 2.45) is 0 Å². The lowest BCUT2D eigenvalue weighted by atomic mass is 10.1. The number of hydrogen-bond acceptors (Lipinski definition) is 5. The van der Waals surface area contributed by atoms with Gasteiger partial charge in [0.1, 0.15) is 5.15 Å². The zero-order valence-electron chi connectivity index (χ0n) is 15.5. The molecule has 0 bridgehead atoms. The Morgan fingerprint density at radius 1 is 1.18 bits per heavy atom. The second kappa shape index (κ2) is 7.00. The van der Waals surface area contributed by atoms with Crippen molar-refractivity contribution in [3.05, 3.63) is 76.4 Å². The zero-order valence-corrected chi connectivity index (χ0v) is 16.3. The topological polar surface area (TPSA) is 55.1 Å². The van der Waals surface area contributed by atoms with E-state index in [1.54, 1.807) is 6.26 Å². The van der Waals surface area contributed by atoms with Crippen molar-refractivity contribution in [3.8, 4) is 11.6 Å². The summed E-state index contributed by atoms with van der Waals surface area (Å²) in [5, 5.41) is 1.70. The summed E-state index contributed by atoms with van der Waals surface area (Å²) < 4.78 is 5.41. The highest BCUT2D eigenvalue weighted by Crippen LogP contribution is 2.26. The van der Waals surface area contributed by atoms with Crippen LogP contribution >= 0.6 is 11.6 Å². The van der Waals surface area contributed by atoms with Crippen LogP contribution in [-0.2, 0) is 19.5 Å². The maximum Gasteiger partial charge on any atom is 0.195 e. The van der Waals surface area contributed by atoms with Gasteiger partial charge in [0.15, 0.2) is 11.6 Å². The number of rotatable bonds is 3. The molecule has 0 atom stereocenters. The van der Waals surface area contributed by atoms with Gasteiger partial charge in [-0.2, -0.15) is 0 Å². The minimum atomic E-state index is 0.576. The first kappa shape index (κ1) is 17.3. The van der Waals surface area contributed by atoms with E-state index in [0.717, 1.165) is 53.8 Å². The van der Waals surface area contributed by atoms with Gasteiger partial charge in [-0.3, -0.25) is 4.90 Å². The first-order chi connectivity index (χ1) is 13.7. The third kappa shape index (κ3) is 3.28. The minimum Gasteiger partial charge on any atom is -0.461 e. The Labute approximate surface area is 168 Å². The van der Waals surface area contributed by atoms with Gasteiger partial charge in [0.25, 0.3) is 0 Å². The molecule has 0 saturated heterocycles. The molecule has 1 aromatic carbocycles. The molecule has 0 amide bonds. The number of aryl methyl sites for hydroxylation is 1. The van der Waals surface area contributed by atoms with E-state index < -0.39 is 0 Å². The van der Waals surface area contributed by atoms with Crippen LogP contribution in [0.1, 0.15) is 22.4 Å². The highest BCUT2D eigenvalue weighted by Gasteiger charge is 2.20. The van der Waals surface area contributed by atoms with Crippen LogP contribution in [0.4, 0.5) is 0 Å². The largest absolute Gasteiger partial charge is 0.461 e. The Kier molecular flexibility index (Phi) is 4.34. The highest BCUT2D eigenvalue weighted by atomic mass is 35.5. The van der Waals surface area contributed by atoms with Crippen LogP contribution in [0, 0.1) is 6.92 Å². The number of halogens is 1. The van der Waals surface area contributed by atoms with Gasteiger partial charge in [-0.05, 0) is 37.3 Å². The molecule has 4 aromatic rings. The number of hydrogen-bond donors (Lipinski definition) is 0. The summed E-state index contributed by atoms with van der Waals surface area (Å²) in [6.45, 7) is 4.57. The van der Waals surface area contributed by atoms with E-state index in [4.69, 9.17) is 21.0 Å². The van der Waals surface area contributed by atoms with Crippen LogP contribution in [0.3, 0.4) is 0 Å². The lowest BCUT2D eigenvalue weighted by molar-refractivity contribution is 0.243. The van der Waals surface area contributed by atoms with E-state index >= 15 is 0 Å². The molecule has 0 saturated carbocycles. The number of aromatic nitrogens is 3. The summed E-state index contributed by atoms with van der Waals surface area (Å²) in [4.78, 5) is 16.1. The van der Waals surface area contributed by atoms with E-state index in [0.29, 0.717) is 16.7 Å². The normalized spacial score (nSPS) is 14.4. The SMILES string of the molecule is Cc1ccc2nc(Cl)c(CN3CCc4nc(-c5ccco5)ncc4C3)cc2c1. The first-order valence-corrected chi connectivity index (χ1v) is 9.70. The molecule has 5 nitrogen and oxygen atoms in total. The molecule has 1 aliphatic rings. The van der Waals surface area contributed by atoms with E-state index in [9.17, 15) is 0 Å². The molecule has 0 N–H and O–H groups in total. The predicted molar refractivity (Wildman–Crippen MR) is 109 cm³/mol. The number of furan rings is 1. The maximum atomic E-state index is 6.47. The maximum absolute atomic E-state index is 6.47. The van der Waals surface area contributed by atoms with Crippen LogP contribution in [0.2, 0.25) is 5.15 Å². The standard InChI is InChI=1S/C22H19ClN4O/c1-14-4-5-18-15(9-14)10-16(21(23)25-18)12-27-7-6-19-17(13-27)11-24-22(26-19)20-3-2-8-28-20/h2-5,8-11H,6-7,12-13H2,1H3. The molecule has 0 aliphatic carbocycles. The van der Waals surface area contributed by atoms with Crippen LogP contribution in [0.25, 0.3) is 22.5 Å². The summed E-state index contributed by atoms with van der Waals surface area (Å²) in [7, 11) is 0. The smallest absolute Gasteiger partial charge is 0.195 e. The predicted octanol–water partition coefficient (Wildman–Crippen LogP) is 4.80.